The smallest absolute Gasteiger partial charge is 0.354 e. The molecule has 1 aliphatic carbocycles. The van der Waals surface area contributed by atoms with Gasteiger partial charge in [-0.05, 0) is 43.9 Å². The molecule has 5 rings (SSSR count). The van der Waals surface area contributed by atoms with Crippen LogP contribution in [0.1, 0.15) is 54.2 Å². The molecule has 7 heteroatoms. The van der Waals surface area contributed by atoms with Gasteiger partial charge < -0.3 is 15.2 Å². The lowest BCUT2D eigenvalue weighted by Crippen LogP contribution is -2.19. The number of ether oxygens (including phenoxy) is 1. The minimum atomic E-state index is -1.04. The van der Waals surface area contributed by atoms with Crippen molar-refractivity contribution in [2.24, 2.45) is 0 Å². The first-order chi connectivity index (χ1) is 14.2. The van der Waals surface area contributed by atoms with Crippen molar-refractivity contribution in [2.75, 3.05) is 18.5 Å². The molecule has 150 valence electrons. The minimum Gasteiger partial charge on any atom is -0.477 e. The summed E-state index contributed by atoms with van der Waals surface area (Å²) in [4.78, 5) is 16.3. The van der Waals surface area contributed by atoms with Crippen LogP contribution in [0.25, 0.3) is 16.7 Å². The second kappa shape index (κ2) is 7.48. The predicted molar refractivity (Wildman–Crippen MR) is 110 cm³/mol. The Morgan fingerprint density at radius 1 is 1.21 bits per heavy atom. The molecule has 29 heavy (non-hydrogen) atoms. The Balaban J connectivity index is 1.66. The van der Waals surface area contributed by atoms with Crippen molar-refractivity contribution in [3.8, 4) is 5.69 Å². The number of fused-ring (bicyclic) bond motifs is 1. The number of aromatic nitrogens is 3. The molecular formula is C22H24N4O3. The van der Waals surface area contributed by atoms with E-state index in [1.165, 1.54) is 6.42 Å². The Hall–Kier alpha value is -2.93. The molecule has 1 atom stereocenters. The van der Waals surface area contributed by atoms with Gasteiger partial charge in [0.25, 0.3) is 0 Å². The van der Waals surface area contributed by atoms with E-state index in [4.69, 9.17) is 9.84 Å². The standard InChI is InChI=1S/C22H24N4O3/c27-22(28)18-12-17(23-13-16-10-5-11-29-16)19-20(14-6-4-7-14)25-26(21(19)24-18)15-8-2-1-3-9-15/h1-3,8-9,12,14,16H,4-7,10-11,13H2,(H,23,24)(H,27,28). The van der Waals surface area contributed by atoms with E-state index >= 15 is 0 Å². The summed E-state index contributed by atoms with van der Waals surface area (Å²) >= 11 is 0. The molecule has 2 N–H and O–H groups in total. The lowest BCUT2D eigenvalue weighted by molar-refractivity contribution is 0.0691. The average Bonchev–Trinajstić information content (AvgIpc) is 3.34. The highest BCUT2D eigenvalue weighted by Crippen LogP contribution is 2.41. The third kappa shape index (κ3) is 3.35. The molecule has 1 saturated carbocycles. The van der Waals surface area contributed by atoms with Crippen molar-refractivity contribution in [1.82, 2.24) is 14.8 Å². The molecule has 1 saturated heterocycles. The molecule has 2 aliphatic rings. The first kappa shape index (κ1) is 18.1. The molecule has 1 aliphatic heterocycles. The molecule has 3 heterocycles. The third-order valence-electron chi connectivity index (χ3n) is 5.92. The lowest BCUT2D eigenvalue weighted by atomic mass is 9.82. The van der Waals surface area contributed by atoms with Crippen LogP contribution >= 0.6 is 0 Å². The number of benzene rings is 1. The number of carboxylic acid groups (broad SMARTS) is 1. The lowest BCUT2D eigenvalue weighted by Gasteiger charge is -2.24. The van der Waals surface area contributed by atoms with E-state index in [2.05, 4.69) is 10.3 Å². The first-order valence-corrected chi connectivity index (χ1v) is 10.3. The van der Waals surface area contributed by atoms with Gasteiger partial charge >= 0.3 is 5.97 Å². The van der Waals surface area contributed by atoms with Gasteiger partial charge in [-0.3, -0.25) is 0 Å². The minimum absolute atomic E-state index is 0.0181. The van der Waals surface area contributed by atoms with Crippen LogP contribution in [0.5, 0.6) is 0 Å². The van der Waals surface area contributed by atoms with Gasteiger partial charge in [-0.25, -0.2) is 14.5 Å². The highest BCUT2D eigenvalue weighted by Gasteiger charge is 2.29. The zero-order valence-corrected chi connectivity index (χ0v) is 16.2. The fourth-order valence-electron chi connectivity index (χ4n) is 4.14. The van der Waals surface area contributed by atoms with Crippen molar-refractivity contribution < 1.29 is 14.6 Å². The van der Waals surface area contributed by atoms with Gasteiger partial charge in [0.15, 0.2) is 11.3 Å². The van der Waals surface area contributed by atoms with E-state index in [-0.39, 0.29) is 11.8 Å². The van der Waals surface area contributed by atoms with Crippen LogP contribution in [-0.2, 0) is 4.74 Å². The molecule has 1 unspecified atom stereocenters. The van der Waals surface area contributed by atoms with Crippen molar-refractivity contribution in [3.63, 3.8) is 0 Å². The third-order valence-corrected chi connectivity index (χ3v) is 5.92. The molecule has 1 aromatic carbocycles. The Bertz CT molecular complexity index is 1040. The number of para-hydroxylation sites is 1. The van der Waals surface area contributed by atoms with E-state index in [1.54, 1.807) is 10.7 Å². The average molecular weight is 392 g/mol. The summed E-state index contributed by atoms with van der Waals surface area (Å²) in [5, 5.41) is 18.9. The molecule has 7 nitrogen and oxygen atoms in total. The number of rotatable bonds is 6. The number of aromatic carboxylic acids is 1. The molecule has 3 aromatic rings. The van der Waals surface area contributed by atoms with Crippen molar-refractivity contribution >= 4 is 22.7 Å². The zero-order valence-electron chi connectivity index (χ0n) is 16.2. The van der Waals surface area contributed by atoms with Crippen LogP contribution in [0.4, 0.5) is 5.69 Å². The Morgan fingerprint density at radius 3 is 2.69 bits per heavy atom. The van der Waals surface area contributed by atoms with Gasteiger partial charge in [0.05, 0.1) is 22.9 Å². The van der Waals surface area contributed by atoms with Gasteiger partial charge in [0, 0.05) is 24.8 Å². The van der Waals surface area contributed by atoms with Crippen LogP contribution in [0.3, 0.4) is 0 Å². The number of hydrogen-bond donors (Lipinski definition) is 2. The van der Waals surface area contributed by atoms with Crippen LogP contribution < -0.4 is 5.32 Å². The van der Waals surface area contributed by atoms with Crippen molar-refractivity contribution in [2.45, 2.75) is 44.1 Å². The van der Waals surface area contributed by atoms with E-state index < -0.39 is 5.97 Å². The van der Waals surface area contributed by atoms with Gasteiger partial charge in [0.2, 0.25) is 0 Å². The van der Waals surface area contributed by atoms with Gasteiger partial charge in [0.1, 0.15) is 0 Å². The summed E-state index contributed by atoms with van der Waals surface area (Å²) in [6.45, 7) is 1.44. The second-order valence-corrected chi connectivity index (χ2v) is 7.84. The second-order valence-electron chi connectivity index (χ2n) is 7.84. The summed E-state index contributed by atoms with van der Waals surface area (Å²) in [6.07, 6.45) is 5.65. The highest BCUT2D eigenvalue weighted by atomic mass is 16.5. The molecular weight excluding hydrogens is 368 g/mol. The van der Waals surface area contributed by atoms with Crippen molar-refractivity contribution in [1.29, 1.82) is 0 Å². The molecule has 2 aromatic heterocycles. The summed E-state index contributed by atoms with van der Waals surface area (Å²) < 4.78 is 7.52. The molecule has 0 bridgehead atoms. The first-order valence-electron chi connectivity index (χ1n) is 10.3. The summed E-state index contributed by atoms with van der Waals surface area (Å²) in [7, 11) is 0. The number of nitrogens with zero attached hydrogens (tertiary/aromatic N) is 3. The number of hydrogen-bond acceptors (Lipinski definition) is 5. The summed E-state index contributed by atoms with van der Waals surface area (Å²) in [5.41, 5.74) is 3.28. The fourth-order valence-corrected chi connectivity index (χ4v) is 4.14. The molecule has 0 amide bonds. The van der Waals surface area contributed by atoms with Crippen LogP contribution in [0.15, 0.2) is 36.4 Å². The maximum Gasteiger partial charge on any atom is 0.354 e. The number of carbonyl (C=O) groups is 1. The van der Waals surface area contributed by atoms with Crippen molar-refractivity contribution in [3.05, 3.63) is 47.8 Å². The topological polar surface area (TPSA) is 89.3 Å². The van der Waals surface area contributed by atoms with Crippen LogP contribution in [0.2, 0.25) is 0 Å². The van der Waals surface area contributed by atoms with Gasteiger partial charge in [-0.15, -0.1) is 0 Å². The number of nitrogens with one attached hydrogen (secondary N) is 1. The van der Waals surface area contributed by atoms with Gasteiger partial charge in [-0.1, -0.05) is 24.6 Å². The monoisotopic (exact) mass is 392 g/mol. The van der Waals surface area contributed by atoms with E-state index in [9.17, 15) is 9.90 Å². The SMILES string of the molecule is O=C(O)c1cc(NCC2CCCO2)c2c(C3CCC3)nn(-c3ccccc3)c2n1. The summed E-state index contributed by atoms with van der Waals surface area (Å²) in [5.74, 6) is -0.652. The van der Waals surface area contributed by atoms with Gasteiger partial charge in [-0.2, -0.15) is 5.10 Å². The molecule has 0 spiro atoms. The Kier molecular flexibility index (Phi) is 4.67. The van der Waals surface area contributed by atoms with E-state index in [0.29, 0.717) is 18.1 Å². The fraction of sp³-hybridized carbons (Fsp3) is 0.409. The zero-order chi connectivity index (χ0) is 19.8. The maximum absolute atomic E-state index is 11.8. The number of pyridine rings is 1. The molecule has 2 fully saturated rings. The Labute approximate surface area is 168 Å². The highest BCUT2D eigenvalue weighted by molar-refractivity contribution is 5.98. The van der Waals surface area contributed by atoms with Crippen LogP contribution in [-0.4, -0.2) is 45.1 Å². The summed E-state index contributed by atoms with van der Waals surface area (Å²) in [6, 6.07) is 11.4. The van der Waals surface area contributed by atoms with Crippen LogP contribution in [0, 0.1) is 0 Å². The van der Waals surface area contributed by atoms with E-state index in [1.807, 2.05) is 30.3 Å². The maximum atomic E-state index is 11.8. The largest absolute Gasteiger partial charge is 0.477 e. The normalized spacial score (nSPS) is 19.4. The quantitative estimate of drug-likeness (QED) is 0.660. The number of anilines is 1. The molecule has 0 radical (unpaired) electrons. The predicted octanol–water partition coefficient (Wildman–Crippen LogP) is 3.98. The number of carboxylic acids is 1. The van der Waals surface area contributed by atoms with E-state index in [0.717, 1.165) is 54.7 Å². The Morgan fingerprint density at radius 2 is 2.03 bits per heavy atom.